The van der Waals surface area contributed by atoms with E-state index in [0.717, 1.165) is 0 Å². The van der Waals surface area contributed by atoms with E-state index in [1.54, 1.807) is 18.2 Å². The zero-order valence-electron chi connectivity index (χ0n) is 16.2. The van der Waals surface area contributed by atoms with Crippen LogP contribution in [0.2, 0.25) is 0 Å². The Labute approximate surface area is 160 Å². The maximum absolute atomic E-state index is 12.7. The highest BCUT2D eigenvalue weighted by Gasteiger charge is 2.22. The van der Waals surface area contributed by atoms with E-state index in [2.05, 4.69) is 0 Å². The van der Waals surface area contributed by atoms with Crippen LogP contribution in [0.15, 0.2) is 27.4 Å². The van der Waals surface area contributed by atoms with Gasteiger partial charge in [0.15, 0.2) is 22.8 Å². The molecule has 3 aromatic rings. The third-order valence-electron chi connectivity index (χ3n) is 4.35. The first-order chi connectivity index (χ1) is 13.4. The summed E-state index contributed by atoms with van der Waals surface area (Å²) >= 11 is 0. The Bertz CT molecular complexity index is 1110. The molecule has 2 aromatic carbocycles. The minimum atomic E-state index is -0.576. The van der Waals surface area contributed by atoms with E-state index in [1.807, 2.05) is 0 Å². The summed E-state index contributed by atoms with van der Waals surface area (Å²) in [5.41, 5.74) is 0.200. The van der Waals surface area contributed by atoms with E-state index < -0.39 is 11.6 Å². The second-order valence-corrected chi connectivity index (χ2v) is 5.90. The molecule has 0 radical (unpaired) electrons. The molecule has 0 aliphatic heterocycles. The lowest BCUT2D eigenvalue weighted by Gasteiger charge is -2.16. The number of carbonyl (C=O) groups excluding carboxylic acids is 1. The number of esters is 1. The first-order valence-corrected chi connectivity index (χ1v) is 8.34. The van der Waals surface area contributed by atoms with Gasteiger partial charge in [-0.3, -0.25) is 4.79 Å². The van der Waals surface area contributed by atoms with Crippen molar-refractivity contribution in [3.05, 3.63) is 34.2 Å². The van der Waals surface area contributed by atoms with E-state index in [4.69, 9.17) is 28.1 Å². The van der Waals surface area contributed by atoms with Gasteiger partial charge in [-0.25, -0.2) is 4.79 Å². The second kappa shape index (κ2) is 7.67. The summed E-state index contributed by atoms with van der Waals surface area (Å²) in [6.07, 6.45) is 0. The Morgan fingerprint density at radius 1 is 0.893 bits per heavy atom. The molecule has 148 valence electrons. The number of hydrogen-bond donors (Lipinski definition) is 0. The first-order valence-electron chi connectivity index (χ1n) is 8.34. The summed E-state index contributed by atoms with van der Waals surface area (Å²) in [4.78, 5) is 24.0. The molecule has 0 atom stereocenters. The standard InChI is InChI=1S/C20H20O8/c1-10(21)27-9-11-6-16(25-4)18(26-5)19-17(11)12-7-14(23-2)15(24-3)8-13(12)20(22)28-19/h6-8H,9H2,1-5H3. The van der Waals surface area contributed by atoms with Crippen LogP contribution in [-0.4, -0.2) is 34.4 Å². The van der Waals surface area contributed by atoms with Gasteiger partial charge in [-0.1, -0.05) is 0 Å². The van der Waals surface area contributed by atoms with Gasteiger partial charge in [0.05, 0.1) is 33.8 Å². The van der Waals surface area contributed by atoms with Crippen molar-refractivity contribution in [1.82, 2.24) is 0 Å². The van der Waals surface area contributed by atoms with Crippen molar-refractivity contribution in [3.63, 3.8) is 0 Å². The normalized spacial score (nSPS) is 10.8. The summed E-state index contributed by atoms with van der Waals surface area (Å²) in [7, 11) is 5.89. The molecular weight excluding hydrogens is 368 g/mol. The molecule has 0 aliphatic rings. The lowest BCUT2D eigenvalue weighted by molar-refractivity contribution is -0.142. The first kappa shape index (κ1) is 19.3. The Hall–Kier alpha value is -3.42. The summed E-state index contributed by atoms with van der Waals surface area (Å²) in [6.45, 7) is 1.28. The summed E-state index contributed by atoms with van der Waals surface area (Å²) in [6, 6.07) is 4.91. The molecule has 0 fully saturated rings. The molecule has 0 N–H and O–H groups in total. The quantitative estimate of drug-likeness (QED) is 0.361. The Balaban J connectivity index is 2.50. The van der Waals surface area contributed by atoms with Crippen LogP contribution in [-0.2, 0) is 16.1 Å². The van der Waals surface area contributed by atoms with E-state index in [1.165, 1.54) is 35.4 Å². The van der Waals surface area contributed by atoms with Crippen LogP contribution in [0.4, 0.5) is 0 Å². The molecule has 0 unspecified atom stereocenters. The van der Waals surface area contributed by atoms with Crippen molar-refractivity contribution in [1.29, 1.82) is 0 Å². The number of fused-ring (bicyclic) bond motifs is 3. The molecule has 0 bridgehead atoms. The third-order valence-corrected chi connectivity index (χ3v) is 4.35. The van der Waals surface area contributed by atoms with Crippen LogP contribution in [0.3, 0.4) is 0 Å². The van der Waals surface area contributed by atoms with Gasteiger partial charge in [0, 0.05) is 23.3 Å². The van der Waals surface area contributed by atoms with E-state index in [9.17, 15) is 9.59 Å². The van der Waals surface area contributed by atoms with Crippen LogP contribution in [0, 0.1) is 0 Å². The van der Waals surface area contributed by atoms with Crippen LogP contribution < -0.4 is 24.6 Å². The molecule has 3 rings (SSSR count). The highest BCUT2D eigenvalue weighted by Crippen LogP contribution is 2.42. The maximum atomic E-state index is 12.7. The third kappa shape index (κ3) is 3.17. The average molecular weight is 388 g/mol. The zero-order chi connectivity index (χ0) is 20.4. The zero-order valence-corrected chi connectivity index (χ0v) is 16.2. The van der Waals surface area contributed by atoms with E-state index in [0.29, 0.717) is 39.0 Å². The monoisotopic (exact) mass is 388 g/mol. The van der Waals surface area contributed by atoms with Gasteiger partial charge in [-0.05, 0) is 18.2 Å². The molecule has 1 heterocycles. The molecule has 1 aromatic heterocycles. The van der Waals surface area contributed by atoms with Gasteiger partial charge in [-0.15, -0.1) is 0 Å². The van der Waals surface area contributed by atoms with Crippen molar-refractivity contribution in [2.45, 2.75) is 13.5 Å². The molecule has 8 heteroatoms. The Kier molecular flexibility index (Phi) is 5.30. The molecule has 8 nitrogen and oxygen atoms in total. The average Bonchev–Trinajstić information content (AvgIpc) is 2.70. The van der Waals surface area contributed by atoms with Gasteiger partial charge in [0.25, 0.3) is 0 Å². The summed E-state index contributed by atoms with van der Waals surface area (Å²) in [5.74, 6) is 1.00. The lowest BCUT2D eigenvalue weighted by atomic mass is 10.0. The second-order valence-electron chi connectivity index (χ2n) is 5.90. The van der Waals surface area contributed by atoms with Gasteiger partial charge in [-0.2, -0.15) is 0 Å². The number of methoxy groups -OCH3 is 4. The highest BCUT2D eigenvalue weighted by atomic mass is 16.5. The topological polar surface area (TPSA) is 93.4 Å². The fourth-order valence-electron chi connectivity index (χ4n) is 3.10. The summed E-state index contributed by atoms with van der Waals surface area (Å²) in [5, 5.41) is 1.39. The van der Waals surface area contributed by atoms with E-state index >= 15 is 0 Å². The van der Waals surface area contributed by atoms with Crippen molar-refractivity contribution in [2.75, 3.05) is 28.4 Å². The number of hydrogen-bond acceptors (Lipinski definition) is 8. The predicted molar refractivity (Wildman–Crippen MR) is 102 cm³/mol. The minimum absolute atomic E-state index is 0.0383. The molecule has 0 saturated heterocycles. The van der Waals surface area contributed by atoms with Gasteiger partial charge >= 0.3 is 11.6 Å². The number of benzene rings is 2. The van der Waals surface area contributed by atoms with Gasteiger partial charge in [0.1, 0.15) is 6.61 Å². The lowest BCUT2D eigenvalue weighted by Crippen LogP contribution is -2.06. The number of ether oxygens (including phenoxy) is 5. The molecule has 0 aliphatic carbocycles. The molecule has 28 heavy (non-hydrogen) atoms. The van der Waals surface area contributed by atoms with Gasteiger partial charge in [0.2, 0.25) is 5.75 Å². The predicted octanol–water partition coefficient (Wildman–Crippen LogP) is 3.04. The Morgan fingerprint density at radius 2 is 1.50 bits per heavy atom. The van der Waals surface area contributed by atoms with Crippen LogP contribution >= 0.6 is 0 Å². The maximum Gasteiger partial charge on any atom is 0.344 e. The highest BCUT2D eigenvalue weighted by molar-refractivity contribution is 6.09. The molecule has 0 spiro atoms. The largest absolute Gasteiger partial charge is 0.493 e. The number of rotatable bonds is 6. The van der Waals surface area contributed by atoms with Crippen molar-refractivity contribution in [2.24, 2.45) is 0 Å². The van der Waals surface area contributed by atoms with E-state index in [-0.39, 0.29) is 17.9 Å². The van der Waals surface area contributed by atoms with Crippen molar-refractivity contribution >= 4 is 27.7 Å². The van der Waals surface area contributed by atoms with Crippen LogP contribution in [0.5, 0.6) is 23.0 Å². The van der Waals surface area contributed by atoms with Crippen LogP contribution in [0.25, 0.3) is 21.7 Å². The molecular formula is C20H20O8. The Morgan fingerprint density at radius 3 is 2.04 bits per heavy atom. The van der Waals surface area contributed by atoms with Crippen molar-refractivity contribution < 1.29 is 32.9 Å². The van der Waals surface area contributed by atoms with Crippen molar-refractivity contribution in [3.8, 4) is 23.0 Å². The molecule has 0 amide bonds. The van der Waals surface area contributed by atoms with Gasteiger partial charge < -0.3 is 28.1 Å². The smallest absolute Gasteiger partial charge is 0.344 e. The fourth-order valence-corrected chi connectivity index (χ4v) is 3.10. The van der Waals surface area contributed by atoms with Crippen LogP contribution in [0.1, 0.15) is 12.5 Å². The molecule has 0 saturated carbocycles. The SMILES string of the molecule is COc1cc2c(=O)oc3c(OC)c(OC)cc(COC(C)=O)c3c2cc1OC. The summed E-state index contributed by atoms with van der Waals surface area (Å²) < 4.78 is 32.2. The minimum Gasteiger partial charge on any atom is -0.493 e. The fraction of sp³-hybridized carbons (Fsp3) is 0.300. The number of carbonyl (C=O) groups is 1.